The number of nitrogens with one attached hydrogen (secondary N) is 1. The highest BCUT2D eigenvalue weighted by Gasteiger charge is 2.23. The minimum atomic E-state index is -0.444. The van der Waals surface area contributed by atoms with Crippen molar-refractivity contribution in [2.75, 3.05) is 13.6 Å². The van der Waals surface area contributed by atoms with Gasteiger partial charge in [-0.25, -0.2) is 14.4 Å². The molecule has 1 fully saturated rings. The van der Waals surface area contributed by atoms with Gasteiger partial charge in [0.1, 0.15) is 0 Å². The zero-order chi connectivity index (χ0) is 11.5. The molecule has 2 heterocycles. The van der Waals surface area contributed by atoms with E-state index < -0.39 is 5.82 Å². The summed E-state index contributed by atoms with van der Waals surface area (Å²) in [6.07, 6.45) is 5.00. The summed E-state index contributed by atoms with van der Waals surface area (Å²) in [5.74, 6) is -0.444. The van der Waals surface area contributed by atoms with Crippen molar-refractivity contribution in [1.82, 2.24) is 15.4 Å². The number of rotatable bonds is 2. The van der Waals surface area contributed by atoms with Gasteiger partial charge in [0.05, 0.1) is 6.04 Å². The minimum absolute atomic E-state index is 0.0597. The summed E-state index contributed by atoms with van der Waals surface area (Å²) in [5, 5.41) is 2.06. The lowest BCUT2D eigenvalue weighted by Crippen LogP contribution is -2.41. The van der Waals surface area contributed by atoms with Gasteiger partial charge in [0.25, 0.3) is 0 Å². The van der Waals surface area contributed by atoms with Gasteiger partial charge >= 0.3 is 0 Å². The van der Waals surface area contributed by atoms with Crippen molar-refractivity contribution in [2.45, 2.75) is 25.3 Å². The molecule has 1 aromatic heterocycles. The number of hydrazine groups is 1. The van der Waals surface area contributed by atoms with Crippen LogP contribution in [0.5, 0.6) is 0 Å². The Morgan fingerprint density at radius 1 is 1.56 bits per heavy atom. The average molecular weight is 244 g/mol. The fourth-order valence-corrected chi connectivity index (χ4v) is 2.27. The molecule has 0 aromatic carbocycles. The van der Waals surface area contributed by atoms with Crippen LogP contribution < -0.4 is 5.43 Å². The molecule has 0 bridgehead atoms. The summed E-state index contributed by atoms with van der Waals surface area (Å²) in [5.41, 5.74) is 4.02. The Kier molecular flexibility index (Phi) is 3.74. The lowest BCUT2D eigenvalue weighted by molar-refractivity contribution is 0.0980. The summed E-state index contributed by atoms with van der Waals surface area (Å²) in [6.45, 7) is 0.978. The van der Waals surface area contributed by atoms with Crippen molar-refractivity contribution in [3.8, 4) is 0 Å². The fraction of sp³-hybridized carbons (Fsp3) is 0.545. The van der Waals surface area contributed by atoms with Gasteiger partial charge in [0.15, 0.2) is 11.0 Å². The zero-order valence-corrected chi connectivity index (χ0v) is 9.97. The molecule has 1 aromatic rings. The first kappa shape index (κ1) is 11.8. The molecule has 0 amide bonds. The topological polar surface area (TPSA) is 28.2 Å². The Morgan fingerprint density at radius 2 is 2.38 bits per heavy atom. The third kappa shape index (κ3) is 2.34. The number of hydrogen-bond donors (Lipinski definition) is 1. The maximum absolute atomic E-state index is 13.3. The minimum Gasteiger partial charge on any atom is -0.258 e. The zero-order valence-electron chi connectivity index (χ0n) is 9.21. The third-order valence-corrected chi connectivity index (χ3v) is 3.27. The van der Waals surface area contributed by atoms with Crippen molar-refractivity contribution in [2.24, 2.45) is 0 Å². The van der Waals surface area contributed by atoms with Gasteiger partial charge < -0.3 is 0 Å². The highest BCUT2D eigenvalue weighted by molar-refractivity contribution is 6.29. The molecule has 16 heavy (non-hydrogen) atoms. The first-order valence-electron chi connectivity index (χ1n) is 5.47. The van der Waals surface area contributed by atoms with Gasteiger partial charge in [-0.3, -0.25) is 5.43 Å². The van der Waals surface area contributed by atoms with E-state index in [0.29, 0.717) is 0 Å². The SMILES string of the molecule is CNN1CCCC[C@@H]1c1cnc(Cl)c(F)c1. The maximum atomic E-state index is 13.3. The van der Waals surface area contributed by atoms with Gasteiger partial charge in [0, 0.05) is 12.7 Å². The van der Waals surface area contributed by atoms with Crippen LogP contribution in [0.25, 0.3) is 0 Å². The van der Waals surface area contributed by atoms with Crippen LogP contribution in [0.15, 0.2) is 12.3 Å². The lowest BCUT2D eigenvalue weighted by atomic mass is 9.98. The molecule has 0 spiro atoms. The predicted octanol–water partition coefficient (Wildman–Crippen LogP) is 2.54. The number of pyridine rings is 1. The monoisotopic (exact) mass is 243 g/mol. The van der Waals surface area contributed by atoms with Crippen LogP contribution in [0.1, 0.15) is 30.9 Å². The van der Waals surface area contributed by atoms with E-state index in [0.717, 1.165) is 24.9 Å². The Hall–Kier alpha value is -0.710. The Bertz CT molecular complexity index is 372. The molecular weight excluding hydrogens is 229 g/mol. The molecule has 1 N–H and O–H groups in total. The molecule has 0 aliphatic carbocycles. The standard InChI is InChI=1S/C11H15ClFN3/c1-14-16-5-3-2-4-10(16)8-6-9(13)11(12)15-7-8/h6-7,10,14H,2-5H2,1H3/t10-/m1/s1. The van der Waals surface area contributed by atoms with E-state index in [1.807, 2.05) is 7.05 Å². The highest BCUT2D eigenvalue weighted by Crippen LogP contribution is 2.29. The largest absolute Gasteiger partial charge is 0.258 e. The first-order chi connectivity index (χ1) is 7.72. The van der Waals surface area contributed by atoms with Crippen LogP contribution >= 0.6 is 11.6 Å². The quantitative estimate of drug-likeness (QED) is 0.810. The average Bonchev–Trinajstić information content (AvgIpc) is 2.32. The van der Waals surface area contributed by atoms with Gasteiger partial charge in [0.2, 0.25) is 0 Å². The van der Waals surface area contributed by atoms with Crippen molar-refractivity contribution < 1.29 is 4.39 Å². The third-order valence-electron chi connectivity index (χ3n) is 2.99. The molecule has 1 aliphatic rings. The summed E-state index contributed by atoms with van der Waals surface area (Å²) in [6, 6.07) is 1.67. The van der Waals surface area contributed by atoms with E-state index in [-0.39, 0.29) is 11.2 Å². The summed E-state index contributed by atoms with van der Waals surface area (Å²) in [7, 11) is 1.89. The van der Waals surface area contributed by atoms with E-state index in [2.05, 4.69) is 15.4 Å². The van der Waals surface area contributed by atoms with Gasteiger partial charge in [-0.05, 0) is 31.5 Å². The van der Waals surface area contributed by atoms with Gasteiger partial charge in [-0.1, -0.05) is 18.0 Å². The molecule has 1 atom stereocenters. The predicted molar refractivity (Wildman–Crippen MR) is 61.6 cm³/mol. The van der Waals surface area contributed by atoms with E-state index in [9.17, 15) is 4.39 Å². The molecular formula is C11H15ClFN3. The number of piperidine rings is 1. The molecule has 3 nitrogen and oxygen atoms in total. The van der Waals surface area contributed by atoms with Crippen molar-refractivity contribution in [1.29, 1.82) is 0 Å². The molecule has 5 heteroatoms. The fourth-order valence-electron chi connectivity index (χ4n) is 2.16. The molecule has 1 aliphatic heterocycles. The Balaban J connectivity index is 2.23. The van der Waals surface area contributed by atoms with E-state index in [1.54, 1.807) is 6.20 Å². The lowest BCUT2D eigenvalue weighted by Gasteiger charge is -2.34. The Labute approximate surface area is 99.6 Å². The molecule has 1 saturated heterocycles. The van der Waals surface area contributed by atoms with Crippen molar-refractivity contribution in [3.63, 3.8) is 0 Å². The molecule has 88 valence electrons. The summed E-state index contributed by atoms with van der Waals surface area (Å²) in [4.78, 5) is 3.86. The molecule has 2 rings (SSSR count). The molecule has 0 saturated carbocycles. The second-order valence-electron chi connectivity index (χ2n) is 3.97. The summed E-state index contributed by atoms with van der Waals surface area (Å²) >= 11 is 5.57. The van der Waals surface area contributed by atoms with E-state index >= 15 is 0 Å². The molecule has 0 radical (unpaired) electrons. The van der Waals surface area contributed by atoms with Crippen LogP contribution in [-0.4, -0.2) is 23.6 Å². The normalized spacial score (nSPS) is 22.3. The number of halogens is 2. The first-order valence-corrected chi connectivity index (χ1v) is 5.85. The van der Waals surface area contributed by atoms with Gasteiger partial charge in [-0.15, -0.1) is 0 Å². The molecule has 0 unspecified atom stereocenters. The van der Waals surface area contributed by atoms with Crippen molar-refractivity contribution in [3.05, 3.63) is 28.8 Å². The number of nitrogens with zero attached hydrogens (tertiary/aromatic N) is 2. The second-order valence-corrected chi connectivity index (χ2v) is 4.33. The second kappa shape index (κ2) is 5.08. The van der Waals surface area contributed by atoms with Crippen LogP contribution in [0.2, 0.25) is 5.15 Å². The maximum Gasteiger partial charge on any atom is 0.164 e. The number of hydrogen-bond acceptors (Lipinski definition) is 3. The Morgan fingerprint density at radius 3 is 3.06 bits per heavy atom. The number of aromatic nitrogens is 1. The smallest absolute Gasteiger partial charge is 0.164 e. The summed E-state index contributed by atoms with van der Waals surface area (Å²) < 4.78 is 13.3. The van der Waals surface area contributed by atoms with Gasteiger partial charge in [-0.2, -0.15) is 0 Å². The van der Waals surface area contributed by atoms with Crippen molar-refractivity contribution >= 4 is 11.6 Å². The highest BCUT2D eigenvalue weighted by atomic mass is 35.5. The van der Waals surface area contributed by atoms with Crippen LogP contribution in [0.3, 0.4) is 0 Å². The van der Waals surface area contributed by atoms with Crippen LogP contribution in [0, 0.1) is 5.82 Å². The van der Waals surface area contributed by atoms with Crippen LogP contribution in [-0.2, 0) is 0 Å². The van der Waals surface area contributed by atoms with Crippen LogP contribution in [0.4, 0.5) is 4.39 Å². The van der Waals surface area contributed by atoms with E-state index in [4.69, 9.17) is 11.6 Å². The van der Waals surface area contributed by atoms with E-state index in [1.165, 1.54) is 12.5 Å².